The van der Waals surface area contributed by atoms with Crippen molar-refractivity contribution in [2.75, 3.05) is 5.32 Å². The fourth-order valence-corrected chi connectivity index (χ4v) is 1.87. The summed E-state index contributed by atoms with van der Waals surface area (Å²) in [6, 6.07) is 5.06. The number of anilines is 1. The third-order valence-corrected chi connectivity index (χ3v) is 3.25. The molecule has 5 heteroatoms. The van der Waals surface area contributed by atoms with Crippen molar-refractivity contribution in [3.05, 3.63) is 30.0 Å². The zero-order chi connectivity index (χ0) is 12.8. The molecule has 3 rings (SSSR count). The number of carboxylic acids is 1. The van der Waals surface area contributed by atoms with E-state index in [-0.39, 0.29) is 11.1 Å². The molecule has 2 aromatic rings. The molecule has 5 nitrogen and oxygen atoms in total. The lowest BCUT2D eigenvalue weighted by Gasteiger charge is -2.11. The fraction of sp³-hybridized carbons (Fsp3) is 0.308. The van der Waals surface area contributed by atoms with Gasteiger partial charge in [0.2, 0.25) is 5.95 Å². The third kappa shape index (κ3) is 1.88. The highest BCUT2D eigenvalue weighted by molar-refractivity contribution is 6.01. The summed E-state index contributed by atoms with van der Waals surface area (Å²) in [4.78, 5) is 19.7. The molecule has 1 aliphatic carbocycles. The van der Waals surface area contributed by atoms with Gasteiger partial charge >= 0.3 is 5.97 Å². The SMILES string of the molecule is CC1(Nc2ncc3cccc(C(=O)O)c3n2)CC1. The molecule has 92 valence electrons. The lowest BCUT2D eigenvalue weighted by molar-refractivity contribution is 0.0699. The Balaban J connectivity index is 2.09. The van der Waals surface area contributed by atoms with Gasteiger partial charge < -0.3 is 10.4 Å². The summed E-state index contributed by atoms with van der Waals surface area (Å²) >= 11 is 0. The van der Waals surface area contributed by atoms with Gasteiger partial charge in [-0.25, -0.2) is 14.8 Å². The Kier molecular flexibility index (Phi) is 2.23. The Bertz CT molecular complexity index is 635. The second-order valence-electron chi connectivity index (χ2n) is 4.93. The average molecular weight is 243 g/mol. The van der Waals surface area contributed by atoms with Crippen molar-refractivity contribution < 1.29 is 9.90 Å². The Labute approximate surface area is 104 Å². The van der Waals surface area contributed by atoms with Gasteiger partial charge in [0.1, 0.15) is 0 Å². The summed E-state index contributed by atoms with van der Waals surface area (Å²) < 4.78 is 0. The Hall–Kier alpha value is -2.17. The summed E-state index contributed by atoms with van der Waals surface area (Å²) in [7, 11) is 0. The van der Waals surface area contributed by atoms with E-state index in [0.29, 0.717) is 11.5 Å². The first kappa shape index (κ1) is 11.0. The topological polar surface area (TPSA) is 75.1 Å². The van der Waals surface area contributed by atoms with Gasteiger partial charge in [0.15, 0.2) is 0 Å². The summed E-state index contributed by atoms with van der Waals surface area (Å²) in [6.07, 6.45) is 3.84. The Morgan fingerprint density at radius 2 is 2.22 bits per heavy atom. The van der Waals surface area contributed by atoms with Crippen LogP contribution in [-0.4, -0.2) is 26.6 Å². The zero-order valence-electron chi connectivity index (χ0n) is 9.97. The Morgan fingerprint density at radius 3 is 2.89 bits per heavy atom. The minimum Gasteiger partial charge on any atom is -0.478 e. The van der Waals surface area contributed by atoms with E-state index in [9.17, 15) is 4.79 Å². The molecule has 0 aliphatic heterocycles. The second kappa shape index (κ2) is 3.66. The van der Waals surface area contributed by atoms with E-state index >= 15 is 0 Å². The van der Waals surface area contributed by atoms with Crippen molar-refractivity contribution in [3.8, 4) is 0 Å². The van der Waals surface area contributed by atoms with Crippen molar-refractivity contribution >= 4 is 22.8 Å². The number of hydrogen-bond donors (Lipinski definition) is 2. The number of para-hydroxylation sites is 1. The van der Waals surface area contributed by atoms with Crippen molar-refractivity contribution in [1.82, 2.24) is 9.97 Å². The van der Waals surface area contributed by atoms with E-state index in [1.807, 2.05) is 6.07 Å². The standard InChI is InChI=1S/C13H13N3O2/c1-13(5-6-13)16-12-14-7-8-3-2-4-9(11(17)18)10(8)15-12/h2-4,7H,5-6H2,1H3,(H,17,18)(H,14,15,16). The van der Waals surface area contributed by atoms with Gasteiger partial charge in [0.05, 0.1) is 11.1 Å². The number of fused-ring (bicyclic) bond motifs is 1. The number of aromatic nitrogens is 2. The lowest BCUT2D eigenvalue weighted by atomic mass is 10.1. The molecule has 1 aromatic carbocycles. The molecule has 2 N–H and O–H groups in total. The van der Waals surface area contributed by atoms with Gasteiger partial charge in [-0.3, -0.25) is 0 Å². The van der Waals surface area contributed by atoms with Gasteiger partial charge in [0.25, 0.3) is 0 Å². The predicted octanol–water partition coefficient (Wildman–Crippen LogP) is 2.29. The molecule has 18 heavy (non-hydrogen) atoms. The number of carbonyl (C=O) groups is 1. The van der Waals surface area contributed by atoms with Crippen LogP contribution in [0, 0.1) is 0 Å². The molecule has 0 radical (unpaired) electrons. The van der Waals surface area contributed by atoms with Crippen LogP contribution in [-0.2, 0) is 0 Å². The molecule has 0 atom stereocenters. The molecule has 0 spiro atoms. The van der Waals surface area contributed by atoms with E-state index in [2.05, 4.69) is 22.2 Å². The van der Waals surface area contributed by atoms with Crippen LogP contribution in [0.3, 0.4) is 0 Å². The van der Waals surface area contributed by atoms with Crippen LogP contribution >= 0.6 is 0 Å². The van der Waals surface area contributed by atoms with E-state index in [1.165, 1.54) is 0 Å². The maximum Gasteiger partial charge on any atom is 0.337 e. The first-order valence-electron chi connectivity index (χ1n) is 5.85. The van der Waals surface area contributed by atoms with E-state index in [0.717, 1.165) is 18.2 Å². The number of nitrogens with zero attached hydrogens (tertiary/aromatic N) is 2. The normalized spacial score (nSPS) is 16.5. The smallest absolute Gasteiger partial charge is 0.337 e. The van der Waals surface area contributed by atoms with Crippen molar-refractivity contribution in [1.29, 1.82) is 0 Å². The molecular formula is C13H13N3O2. The van der Waals surface area contributed by atoms with E-state index in [1.54, 1.807) is 18.3 Å². The largest absolute Gasteiger partial charge is 0.478 e. The average Bonchev–Trinajstić information content (AvgIpc) is 3.05. The maximum absolute atomic E-state index is 11.1. The quantitative estimate of drug-likeness (QED) is 0.865. The van der Waals surface area contributed by atoms with Crippen LogP contribution < -0.4 is 5.32 Å². The van der Waals surface area contributed by atoms with Gasteiger partial charge in [-0.1, -0.05) is 12.1 Å². The van der Waals surface area contributed by atoms with Crippen molar-refractivity contribution in [2.24, 2.45) is 0 Å². The number of hydrogen-bond acceptors (Lipinski definition) is 4. The Morgan fingerprint density at radius 1 is 1.44 bits per heavy atom. The first-order chi connectivity index (χ1) is 8.57. The minimum atomic E-state index is -0.970. The molecule has 1 saturated carbocycles. The van der Waals surface area contributed by atoms with E-state index in [4.69, 9.17) is 5.11 Å². The summed E-state index contributed by atoms with van der Waals surface area (Å²) in [5.41, 5.74) is 0.761. The van der Waals surface area contributed by atoms with E-state index < -0.39 is 5.97 Å². The summed E-state index contributed by atoms with van der Waals surface area (Å²) in [5, 5.41) is 13.1. The zero-order valence-corrected chi connectivity index (χ0v) is 9.97. The number of rotatable bonds is 3. The van der Waals surface area contributed by atoms with Crippen molar-refractivity contribution in [2.45, 2.75) is 25.3 Å². The lowest BCUT2D eigenvalue weighted by Crippen LogP contribution is -2.18. The van der Waals surface area contributed by atoms with Gasteiger partial charge in [0, 0.05) is 17.1 Å². The monoisotopic (exact) mass is 243 g/mol. The van der Waals surface area contributed by atoms with Crippen LogP contribution in [0.1, 0.15) is 30.1 Å². The highest BCUT2D eigenvalue weighted by Crippen LogP contribution is 2.37. The number of aromatic carboxylic acids is 1. The highest BCUT2D eigenvalue weighted by atomic mass is 16.4. The summed E-state index contributed by atoms with van der Waals surface area (Å²) in [5.74, 6) is -0.473. The first-order valence-corrected chi connectivity index (χ1v) is 5.85. The second-order valence-corrected chi connectivity index (χ2v) is 4.93. The molecule has 0 amide bonds. The molecule has 0 unspecified atom stereocenters. The maximum atomic E-state index is 11.1. The number of benzene rings is 1. The van der Waals surface area contributed by atoms with Crippen LogP contribution in [0.25, 0.3) is 10.9 Å². The van der Waals surface area contributed by atoms with Crippen LogP contribution in [0.5, 0.6) is 0 Å². The van der Waals surface area contributed by atoms with Crippen LogP contribution in [0.2, 0.25) is 0 Å². The molecule has 1 aromatic heterocycles. The molecule has 0 bridgehead atoms. The molecule has 0 saturated heterocycles. The third-order valence-electron chi connectivity index (χ3n) is 3.25. The van der Waals surface area contributed by atoms with Gasteiger partial charge in [-0.2, -0.15) is 0 Å². The molecule has 1 heterocycles. The van der Waals surface area contributed by atoms with Gasteiger partial charge in [-0.15, -0.1) is 0 Å². The highest BCUT2D eigenvalue weighted by Gasteiger charge is 2.37. The van der Waals surface area contributed by atoms with Crippen molar-refractivity contribution in [3.63, 3.8) is 0 Å². The van der Waals surface area contributed by atoms with Gasteiger partial charge in [-0.05, 0) is 25.8 Å². The molecule has 1 aliphatic rings. The van der Waals surface area contributed by atoms with Crippen LogP contribution in [0.4, 0.5) is 5.95 Å². The number of carboxylic acid groups (broad SMARTS) is 1. The summed E-state index contributed by atoms with van der Waals surface area (Å²) in [6.45, 7) is 2.10. The number of nitrogens with one attached hydrogen (secondary N) is 1. The predicted molar refractivity (Wildman–Crippen MR) is 67.8 cm³/mol. The van der Waals surface area contributed by atoms with Crippen LogP contribution in [0.15, 0.2) is 24.4 Å². The fourth-order valence-electron chi connectivity index (χ4n) is 1.87. The molecular weight excluding hydrogens is 230 g/mol. The minimum absolute atomic E-state index is 0.0752. The molecule has 1 fully saturated rings.